The van der Waals surface area contributed by atoms with E-state index < -0.39 is 5.97 Å². The van der Waals surface area contributed by atoms with E-state index in [1.54, 1.807) is 20.0 Å². The molecule has 3 rings (SSSR count). The third-order valence-corrected chi connectivity index (χ3v) is 6.58. The number of carbonyl (C=O) groups is 2. The van der Waals surface area contributed by atoms with Gasteiger partial charge >= 0.3 is 5.97 Å². The molecule has 164 valence electrons. The van der Waals surface area contributed by atoms with Gasteiger partial charge in [-0.2, -0.15) is 5.26 Å². The van der Waals surface area contributed by atoms with Gasteiger partial charge in [0.15, 0.2) is 0 Å². The number of thiocarbonyl (C=S) groups is 1. The van der Waals surface area contributed by atoms with E-state index in [-0.39, 0.29) is 30.0 Å². The van der Waals surface area contributed by atoms with Gasteiger partial charge in [-0.05, 0) is 25.0 Å². The molecule has 0 aliphatic carbocycles. The summed E-state index contributed by atoms with van der Waals surface area (Å²) in [7, 11) is 1.61. The van der Waals surface area contributed by atoms with Crippen molar-refractivity contribution in [2.75, 3.05) is 37.7 Å². The van der Waals surface area contributed by atoms with Crippen LogP contribution in [-0.2, 0) is 21.4 Å². The number of hydrogen-bond donors (Lipinski definition) is 1. The number of carboxylic acids is 1. The second-order valence-electron chi connectivity index (χ2n) is 7.14. The van der Waals surface area contributed by atoms with Gasteiger partial charge in [-0.25, -0.2) is 0 Å². The summed E-state index contributed by atoms with van der Waals surface area (Å²) in [5.41, 5.74) is 0.761. The van der Waals surface area contributed by atoms with Crippen LogP contribution in [0, 0.1) is 18.3 Å². The van der Waals surface area contributed by atoms with Gasteiger partial charge in [0.25, 0.3) is 11.5 Å². The van der Waals surface area contributed by atoms with Gasteiger partial charge in [-0.3, -0.25) is 23.9 Å². The van der Waals surface area contributed by atoms with Crippen LogP contribution in [0.3, 0.4) is 0 Å². The zero-order valence-corrected chi connectivity index (χ0v) is 18.8. The lowest BCUT2D eigenvalue weighted by atomic mass is 10.0. The number of carbonyl (C=O) groups excluding carboxylic acids is 1. The van der Waals surface area contributed by atoms with Crippen molar-refractivity contribution in [1.82, 2.24) is 9.47 Å². The van der Waals surface area contributed by atoms with Gasteiger partial charge in [-0.1, -0.05) is 24.0 Å². The minimum absolute atomic E-state index is 0.0303. The van der Waals surface area contributed by atoms with Gasteiger partial charge < -0.3 is 14.7 Å². The van der Waals surface area contributed by atoms with Crippen molar-refractivity contribution in [3.05, 3.63) is 31.9 Å². The van der Waals surface area contributed by atoms with Crippen LogP contribution in [0.1, 0.15) is 29.5 Å². The number of aromatic nitrogens is 1. The van der Waals surface area contributed by atoms with Crippen molar-refractivity contribution in [3.63, 3.8) is 0 Å². The Kier molecular flexibility index (Phi) is 7.15. The van der Waals surface area contributed by atoms with E-state index in [0.29, 0.717) is 58.9 Å². The molecule has 0 saturated carbocycles. The molecule has 2 aliphatic rings. The molecule has 0 radical (unpaired) electrons. The highest BCUT2D eigenvalue weighted by molar-refractivity contribution is 8.26. The van der Waals surface area contributed by atoms with Gasteiger partial charge in [0.05, 0.1) is 18.1 Å². The number of amides is 1. The first-order chi connectivity index (χ1) is 14.8. The van der Waals surface area contributed by atoms with E-state index in [2.05, 4.69) is 0 Å². The molecule has 2 aliphatic heterocycles. The zero-order valence-electron chi connectivity index (χ0n) is 17.2. The van der Waals surface area contributed by atoms with Crippen LogP contribution in [0.5, 0.6) is 0 Å². The standard InChI is InChI=1S/C20H22N4O5S2/c1-12-13(10-15-19(28)24(20(30)31-15)5-3-4-16(25)26)17(23-6-8-29-9-7-23)22(2)18(27)14(12)11-21/h10H,3-9H2,1-2H3,(H,25,26)/b15-10-. The van der Waals surface area contributed by atoms with Crippen LogP contribution in [0.4, 0.5) is 5.82 Å². The number of ether oxygens (including phenoxy) is 1. The van der Waals surface area contributed by atoms with E-state index in [4.69, 9.17) is 22.1 Å². The van der Waals surface area contributed by atoms with Crippen LogP contribution in [0.15, 0.2) is 9.70 Å². The molecular formula is C20H22N4O5S2. The number of anilines is 1. The first-order valence-corrected chi connectivity index (χ1v) is 10.9. The molecule has 1 N–H and O–H groups in total. The van der Waals surface area contributed by atoms with Gasteiger partial charge in [0.1, 0.15) is 21.8 Å². The summed E-state index contributed by atoms with van der Waals surface area (Å²) in [5, 5.41) is 18.3. The second-order valence-corrected chi connectivity index (χ2v) is 8.82. The summed E-state index contributed by atoms with van der Waals surface area (Å²) in [4.78, 5) is 40.2. The monoisotopic (exact) mass is 462 g/mol. The quantitative estimate of drug-likeness (QED) is 0.495. The molecule has 0 spiro atoms. The van der Waals surface area contributed by atoms with E-state index in [9.17, 15) is 19.6 Å². The Labute approximate surface area is 188 Å². The topological polar surface area (TPSA) is 116 Å². The van der Waals surface area contributed by atoms with Crippen molar-refractivity contribution in [2.24, 2.45) is 7.05 Å². The van der Waals surface area contributed by atoms with Gasteiger partial charge in [0, 0.05) is 38.7 Å². The highest BCUT2D eigenvalue weighted by atomic mass is 32.2. The Morgan fingerprint density at radius 3 is 2.65 bits per heavy atom. The molecule has 1 amide bonds. The number of thioether (sulfide) groups is 1. The largest absolute Gasteiger partial charge is 0.481 e. The molecule has 0 aromatic carbocycles. The first kappa shape index (κ1) is 23.0. The molecule has 0 bridgehead atoms. The predicted molar refractivity (Wildman–Crippen MR) is 121 cm³/mol. The maximum Gasteiger partial charge on any atom is 0.303 e. The molecule has 11 heteroatoms. The van der Waals surface area contributed by atoms with Crippen molar-refractivity contribution < 1.29 is 19.4 Å². The number of hydrogen-bond acceptors (Lipinski definition) is 8. The second kappa shape index (κ2) is 9.64. The van der Waals surface area contributed by atoms with Crippen LogP contribution in [-0.4, -0.2) is 63.6 Å². The Bertz CT molecular complexity index is 1070. The molecule has 2 saturated heterocycles. The average molecular weight is 463 g/mol. The van der Waals surface area contributed by atoms with E-state index >= 15 is 0 Å². The van der Waals surface area contributed by atoms with Crippen LogP contribution >= 0.6 is 24.0 Å². The number of morpholine rings is 1. The minimum Gasteiger partial charge on any atom is -0.481 e. The lowest BCUT2D eigenvalue weighted by Crippen LogP contribution is -2.40. The van der Waals surface area contributed by atoms with E-state index in [1.807, 2.05) is 11.0 Å². The summed E-state index contributed by atoms with van der Waals surface area (Å²) in [6.07, 6.45) is 1.92. The number of pyridine rings is 1. The molecule has 3 heterocycles. The van der Waals surface area contributed by atoms with Crippen molar-refractivity contribution in [2.45, 2.75) is 19.8 Å². The highest BCUT2D eigenvalue weighted by Crippen LogP contribution is 2.35. The van der Waals surface area contributed by atoms with Crippen molar-refractivity contribution in [1.29, 1.82) is 5.26 Å². The fraction of sp³-hybridized carbons (Fsp3) is 0.450. The smallest absolute Gasteiger partial charge is 0.303 e. The third-order valence-electron chi connectivity index (χ3n) is 5.20. The number of carboxylic acid groups (broad SMARTS) is 1. The molecule has 0 atom stereocenters. The molecule has 1 aromatic heterocycles. The SMILES string of the molecule is Cc1c(/C=C2\SC(=S)N(CCCC(=O)O)C2=O)c(N2CCOCC2)n(C)c(=O)c1C#N. The highest BCUT2D eigenvalue weighted by Gasteiger charge is 2.33. The lowest BCUT2D eigenvalue weighted by Gasteiger charge is -2.32. The predicted octanol–water partition coefficient (Wildman–Crippen LogP) is 1.47. The van der Waals surface area contributed by atoms with Gasteiger partial charge in [-0.15, -0.1) is 0 Å². The zero-order chi connectivity index (χ0) is 22.7. The molecule has 1 aromatic rings. The van der Waals surface area contributed by atoms with Crippen LogP contribution < -0.4 is 10.5 Å². The van der Waals surface area contributed by atoms with Crippen LogP contribution in [0.2, 0.25) is 0 Å². The summed E-state index contributed by atoms with van der Waals surface area (Å²) in [6, 6.07) is 1.98. The summed E-state index contributed by atoms with van der Waals surface area (Å²) < 4.78 is 7.22. The summed E-state index contributed by atoms with van der Waals surface area (Å²) in [5.74, 6) is -0.609. The minimum atomic E-state index is -0.930. The van der Waals surface area contributed by atoms with E-state index in [0.717, 1.165) is 11.8 Å². The number of nitrogens with zero attached hydrogens (tertiary/aromatic N) is 4. The fourth-order valence-corrected chi connectivity index (χ4v) is 4.87. The maximum atomic E-state index is 12.9. The number of nitriles is 1. The van der Waals surface area contributed by atoms with Crippen molar-refractivity contribution in [3.8, 4) is 6.07 Å². The number of rotatable bonds is 6. The number of aliphatic carboxylic acids is 1. The molecule has 31 heavy (non-hydrogen) atoms. The third kappa shape index (κ3) is 4.66. The maximum absolute atomic E-state index is 12.9. The summed E-state index contributed by atoms with van der Waals surface area (Å²) in [6.45, 7) is 4.10. The Morgan fingerprint density at radius 1 is 1.35 bits per heavy atom. The Balaban J connectivity index is 2.04. The first-order valence-electron chi connectivity index (χ1n) is 9.69. The van der Waals surface area contributed by atoms with E-state index in [1.165, 1.54) is 9.47 Å². The molecule has 0 unspecified atom stereocenters. The summed E-state index contributed by atoms with van der Waals surface area (Å²) >= 11 is 6.45. The lowest BCUT2D eigenvalue weighted by molar-refractivity contribution is -0.137. The van der Waals surface area contributed by atoms with Gasteiger partial charge in [0.2, 0.25) is 0 Å². The Hall–Kier alpha value is -2.68. The fourth-order valence-electron chi connectivity index (χ4n) is 3.58. The molecule has 9 nitrogen and oxygen atoms in total. The van der Waals surface area contributed by atoms with Crippen molar-refractivity contribution >= 4 is 52.1 Å². The van der Waals surface area contributed by atoms with Crippen LogP contribution in [0.25, 0.3) is 6.08 Å². The normalized spacial score (nSPS) is 18.0. The average Bonchev–Trinajstić information content (AvgIpc) is 3.00. The molecular weight excluding hydrogens is 440 g/mol. The Morgan fingerprint density at radius 2 is 2.03 bits per heavy atom. The molecule has 2 fully saturated rings.